The van der Waals surface area contributed by atoms with Gasteiger partial charge in [-0.3, -0.25) is 14.3 Å². The number of carbonyl (C=O) groups excluding carboxylic acids is 1. The molecule has 8 heteroatoms. The van der Waals surface area contributed by atoms with E-state index in [1.165, 1.54) is 19.2 Å². The van der Waals surface area contributed by atoms with E-state index in [1.54, 1.807) is 22.8 Å². The van der Waals surface area contributed by atoms with Crippen LogP contribution < -0.4 is 5.56 Å². The summed E-state index contributed by atoms with van der Waals surface area (Å²) in [4.78, 5) is 32.6. The van der Waals surface area contributed by atoms with Crippen molar-refractivity contribution in [3.05, 3.63) is 92.7 Å². The van der Waals surface area contributed by atoms with E-state index < -0.39 is 17.3 Å². The zero-order chi connectivity index (χ0) is 22.1. The molecule has 4 aromatic rings. The Kier molecular flexibility index (Phi) is 5.48. The monoisotopic (exact) mass is 435 g/mol. The van der Waals surface area contributed by atoms with Crippen LogP contribution in [-0.2, 0) is 4.74 Å². The molecule has 1 N–H and O–H groups in total. The molecule has 2 heterocycles. The smallest absolute Gasteiger partial charge is 0.338 e. The number of pyridine rings is 1. The molecule has 4 rings (SSSR count). The quantitative estimate of drug-likeness (QED) is 0.373. The molecule has 0 amide bonds. The molecule has 31 heavy (non-hydrogen) atoms. The number of carbonyl (C=O) groups is 1. The number of aromatic amines is 1. The van der Waals surface area contributed by atoms with Crippen LogP contribution in [0.2, 0.25) is 0 Å². The zero-order valence-electron chi connectivity index (χ0n) is 16.8. The van der Waals surface area contributed by atoms with Crippen molar-refractivity contribution in [1.29, 1.82) is 0 Å². The molecule has 2 aromatic heterocycles. The standard InChI is InChI=1S/C23H18FN3O3S/c1-13(14-8-4-3-5-9-14)27-20-19(21(28)26-23(27)31)16(22(29)30-2)12-18(25-20)15-10-6-7-11-17(15)24/h3-13H,1-2H3,(H,26,28,31)/t13-/m1/s1. The molecular weight excluding hydrogens is 417 g/mol. The number of aromatic nitrogens is 3. The average molecular weight is 435 g/mol. The second kappa shape index (κ2) is 8.23. The van der Waals surface area contributed by atoms with Crippen LogP contribution in [0.25, 0.3) is 22.3 Å². The third-order valence-electron chi connectivity index (χ3n) is 5.12. The molecule has 0 unspecified atom stereocenters. The zero-order valence-corrected chi connectivity index (χ0v) is 17.6. The molecule has 0 aliphatic rings. The molecule has 0 saturated carbocycles. The van der Waals surface area contributed by atoms with Crippen molar-refractivity contribution in [3.8, 4) is 11.3 Å². The summed E-state index contributed by atoms with van der Waals surface area (Å²) in [6.45, 7) is 1.90. The molecule has 0 spiro atoms. The van der Waals surface area contributed by atoms with E-state index >= 15 is 0 Å². The van der Waals surface area contributed by atoms with Crippen LogP contribution in [0.15, 0.2) is 65.5 Å². The Hall–Kier alpha value is -3.65. The van der Waals surface area contributed by atoms with Gasteiger partial charge in [-0.1, -0.05) is 42.5 Å². The van der Waals surface area contributed by atoms with Crippen LogP contribution in [0.1, 0.15) is 28.9 Å². The fourth-order valence-electron chi connectivity index (χ4n) is 3.56. The lowest BCUT2D eigenvalue weighted by atomic mass is 10.0. The lowest BCUT2D eigenvalue weighted by Crippen LogP contribution is -2.22. The molecule has 6 nitrogen and oxygen atoms in total. The number of hydrogen-bond acceptors (Lipinski definition) is 5. The second-order valence-corrected chi connectivity index (χ2v) is 7.33. The normalized spacial score (nSPS) is 12.0. The van der Waals surface area contributed by atoms with Gasteiger partial charge in [-0.05, 0) is 42.9 Å². The largest absolute Gasteiger partial charge is 0.465 e. The van der Waals surface area contributed by atoms with Crippen molar-refractivity contribution in [2.24, 2.45) is 0 Å². The molecule has 0 aliphatic heterocycles. The lowest BCUT2D eigenvalue weighted by molar-refractivity contribution is 0.0603. The van der Waals surface area contributed by atoms with E-state index in [4.69, 9.17) is 17.0 Å². The first-order chi connectivity index (χ1) is 14.9. The van der Waals surface area contributed by atoms with E-state index in [2.05, 4.69) is 9.97 Å². The summed E-state index contributed by atoms with van der Waals surface area (Å²) in [6.07, 6.45) is 0. The van der Waals surface area contributed by atoms with Gasteiger partial charge < -0.3 is 4.74 Å². The highest BCUT2D eigenvalue weighted by Gasteiger charge is 2.22. The third kappa shape index (κ3) is 3.66. The maximum atomic E-state index is 14.5. The van der Waals surface area contributed by atoms with Crippen molar-refractivity contribution in [2.45, 2.75) is 13.0 Å². The maximum Gasteiger partial charge on any atom is 0.338 e. The molecule has 0 fully saturated rings. The number of halogens is 1. The summed E-state index contributed by atoms with van der Waals surface area (Å²) in [7, 11) is 1.22. The second-order valence-electron chi connectivity index (χ2n) is 6.94. The summed E-state index contributed by atoms with van der Waals surface area (Å²) in [6, 6.07) is 16.6. The summed E-state index contributed by atoms with van der Waals surface area (Å²) >= 11 is 5.44. The van der Waals surface area contributed by atoms with Crippen molar-refractivity contribution in [1.82, 2.24) is 14.5 Å². The van der Waals surface area contributed by atoms with Crippen LogP contribution >= 0.6 is 12.2 Å². The molecule has 156 valence electrons. The molecule has 0 saturated heterocycles. The minimum Gasteiger partial charge on any atom is -0.465 e. The van der Waals surface area contributed by atoms with E-state index in [0.29, 0.717) is 0 Å². The van der Waals surface area contributed by atoms with Crippen molar-refractivity contribution >= 4 is 29.2 Å². The lowest BCUT2D eigenvalue weighted by Gasteiger charge is -2.20. The summed E-state index contributed by atoms with van der Waals surface area (Å²) in [5, 5.41) is 0.0309. The number of nitrogens with one attached hydrogen (secondary N) is 1. The topological polar surface area (TPSA) is 77.0 Å². The van der Waals surface area contributed by atoms with E-state index in [1.807, 2.05) is 37.3 Å². The summed E-state index contributed by atoms with van der Waals surface area (Å²) in [5.41, 5.74) is 0.899. The number of benzene rings is 2. The van der Waals surface area contributed by atoms with Gasteiger partial charge in [-0.15, -0.1) is 0 Å². The fourth-order valence-corrected chi connectivity index (χ4v) is 3.90. The van der Waals surface area contributed by atoms with Gasteiger partial charge in [-0.25, -0.2) is 14.2 Å². The van der Waals surface area contributed by atoms with Gasteiger partial charge >= 0.3 is 5.97 Å². The minimum absolute atomic E-state index is 0.0176. The highest BCUT2D eigenvalue weighted by atomic mass is 32.1. The Balaban J connectivity index is 2.13. The van der Waals surface area contributed by atoms with E-state index in [-0.39, 0.29) is 38.7 Å². The minimum atomic E-state index is -0.730. The van der Waals surface area contributed by atoms with E-state index in [0.717, 1.165) is 5.56 Å². The predicted molar refractivity (Wildman–Crippen MR) is 118 cm³/mol. The van der Waals surface area contributed by atoms with Crippen molar-refractivity contribution < 1.29 is 13.9 Å². The first-order valence-corrected chi connectivity index (χ1v) is 9.91. The fraction of sp³-hybridized carbons (Fsp3) is 0.130. The maximum absolute atomic E-state index is 14.5. The molecule has 1 atom stereocenters. The third-order valence-corrected chi connectivity index (χ3v) is 5.42. The SMILES string of the molecule is COC(=O)c1cc(-c2ccccc2F)nc2c1c(=O)[nH]c(=S)n2[C@H](C)c1ccccc1. The van der Waals surface area contributed by atoms with Gasteiger partial charge in [0.25, 0.3) is 5.56 Å². The van der Waals surface area contributed by atoms with Crippen LogP contribution in [0.4, 0.5) is 4.39 Å². The van der Waals surface area contributed by atoms with Crippen molar-refractivity contribution in [3.63, 3.8) is 0 Å². The van der Waals surface area contributed by atoms with Gasteiger partial charge in [0.15, 0.2) is 4.77 Å². The van der Waals surface area contributed by atoms with Crippen LogP contribution in [0.3, 0.4) is 0 Å². The van der Waals surface area contributed by atoms with Crippen LogP contribution in [-0.4, -0.2) is 27.6 Å². The number of ether oxygens (including phenoxy) is 1. The molecular formula is C23H18FN3O3S. The first kappa shape index (κ1) is 20.6. The van der Waals surface area contributed by atoms with Gasteiger partial charge in [0.05, 0.1) is 29.8 Å². The summed E-state index contributed by atoms with van der Waals surface area (Å²) < 4.78 is 21.2. The number of fused-ring (bicyclic) bond motifs is 1. The Morgan fingerprint density at radius 3 is 2.52 bits per heavy atom. The van der Waals surface area contributed by atoms with Gasteiger partial charge in [0, 0.05) is 5.56 Å². The van der Waals surface area contributed by atoms with Gasteiger partial charge in [-0.2, -0.15) is 0 Å². The highest BCUT2D eigenvalue weighted by molar-refractivity contribution is 7.71. The molecule has 0 bridgehead atoms. The Labute approximate surface area is 182 Å². The Morgan fingerprint density at radius 2 is 1.84 bits per heavy atom. The number of hydrogen-bond donors (Lipinski definition) is 1. The number of esters is 1. The summed E-state index contributed by atoms with van der Waals surface area (Å²) in [5.74, 6) is -1.23. The molecule has 2 aromatic carbocycles. The van der Waals surface area contributed by atoms with Gasteiger partial charge in [0.1, 0.15) is 11.5 Å². The van der Waals surface area contributed by atoms with Crippen LogP contribution in [0.5, 0.6) is 0 Å². The molecule has 0 radical (unpaired) electrons. The number of nitrogens with zero attached hydrogens (tertiary/aromatic N) is 2. The average Bonchev–Trinajstić information content (AvgIpc) is 2.78. The predicted octanol–water partition coefficient (Wildman–Crippen LogP) is 4.66. The number of methoxy groups -OCH3 is 1. The van der Waals surface area contributed by atoms with E-state index in [9.17, 15) is 14.0 Å². The molecule has 0 aliphatic carbocycles. The Morgan fingerprint density at radius 1 is 1.16 bits per heavy atom. The first-order valence-electron chi connectivity index (χ1n) is 9.50. The number of H-pyrrole nitrogens is 1. The van der Waals surface area contributed by atoms with Crippen LogP contribution in [0, 0.1) is 10.6 Å². The van der Waals surface area contributed by atoms with Gasteiger partial charge in [0.2, 0.25) is 0 Å². The highest BCUT2D eigenvalue weighted by Crippen LogP contribution is 2.28. The Bertz CT molecular complexity index is 1410. The van der Waals surface area contributed by atoms with Crippen molar-refractivity contribution in [2.75, 3.05) is 7.11 Å². The number of rotatable bonds is 4.